The summed E-state index contributed by atoms with van der Waals surface area (Å²) in [5.74, 6) is 0.574. The molecule has 1 rings (SSSR count). The quantitative estimate of drug-likeness (QED) is 0.805. The fraction of sp³-hybridized carbons (Fsp3) is 0.462. The summed E-state index contributed by atoms with van der Waals surface area (Å²) in [7, 11) is 0. The molecule has 84 valence electrons. The maximum Gasteiger partial charge on any atom is 0.226 e. The second kappa shape index (κ2) is 4.96. The van der Waals surface area contributed by atoms with Crippen LogP contribution in [0.5, 0.6) is 0 Å². The highest BCUT2D eigenvalue weighted by molar-refractivity contribution is 5.92. The summed E-state index contributed by atoms with van der Waals surface area (Å²) in [6.07, 6.45) is 0. The Bertz CT molecular complexity index is 348. The zero-order valence-corrected chi connectivity index (χ0v) is 9.87. The van der Waals surface area contributed by atoms with Gasteiger partial charge in [-0.2, -0.15) is 0 Å². The van der Waals surface area contributed by atoms with Crippen molar-refractivity contribution in [1.82, 2.24) is 0 Å². The number of rotatable bonds is 3. The third kappa shape index (κ3) is 3.39. The third-order valence-corrected chi connectivity index (χ3v) is 2.35. The van der Waals surface area contributed by atoms with Crippen molar-refractivity contribution in [3.63, 3.8) is 0 Å². The van der Waals surface area contributed by atoms with Gasteiger partial charge in [0.2, 0.25) is 5.91 Å². The monoisotopic (exact) mass is 207 g/mol. The molecule has 0 saturated heterocycles. The minimum atomic E-state index is 0. The van der Waals surface area contributed by atoms with Gasteiger partial charge in [0, 0.05) is 13.0 Å². The Labute approximate surface area is 93.2 Å². The minimum absolute atomic E-state index is 0. The summed E-state index contributed by atoms with van der Waals surface area (Å²) in [6.45, 7) is 8.07. The summed E-state index contributed by atoms with van der Waals surface area (Å²) in [5.41, 5.74) is 2.14. The van der Waals surface area contributed by atoms with Gasteiger partial charge in [0.1, 0.15) is 0 Å². The van der Waals surface area contributed by atoms with E-state index in [9.17, 15) is 4.79 Å². The van der Waals surface area contributed by atoms with Gasteiger partial charge in [0.15, 0.2) is 0 Å². The Kier molecular flexibility index (Phi) is 3.89. The predicted molar refractivity (Wildman–Crippen MR) is 66.1 cm³/mol. The van der Waals surface area contributed by atoms with Crippen molar-refractivity contribution in [2.45, 2.75) is 33.6 Å². The van der Waals surface area contributed by atoms with Crippen LogP contribution in [0.2, 0.25) is 0 Å². The fourth-order valence-corrected chi connectivity index (χ4v) is 1.26. The average Bonchev–Trinajstić information content (AvgIpc) is 2.18. The molecule has 0 heterocycles. The number of hydrogen-bond acceptors (Lipinski definition) is 1. The van der Waals surface area contributed by atoms with Crippen LogP contribution < -0.4 is 5.32 Å². The maximum absolute atomic E-state index is 11.5. The van der Waals surface area contributed by atoms with Crippen molar-refractivity contribution >= 4 is 11.6 Å². The molecule has 2 heteroatoms. The normalized spacial score (nSPS) is 10.8. The van der Waals surface area contributed by atoms with E-state index in [1.54, 1.807) is 0 Å². The van der Waals surface area contributed by atoms with Crippen LogP contribution in [0.25, 0.3) is 0 Å². The number of nitrogens with one attached hydrogen (secondary N) is 1. The van der Waals surface area contributed by atoms with Crippen LogP contribution in [-0.4, -0.2) is 5.91 Å². The van der Waals surface area contributed by atoms with E-state index in [1.807, 2.05) is 32.0 Å². The lowest BCUT2D eigenvalue weighted by molar-refractivity contribution is -0.118. The van der Waals surface area contributed by atoms with Crippen molar-refractivity contribution < 1.29 is 6.22 Å². The van der Waals surface area contributed by atoms with Gasteiger partial charge in [-0.3, -0.25) is 4.79 Å². The van der Waals surface area contributed by atoms with Crippen LogP contribution in [0.15, 0.2) is 24.3 Å². The third-order valence-electron chi connectivity index (χ3n) is 2.35. The van der Waals surface area contributed by atoms with Gasteiger partial charge in [0.25, 0.3) is 0 Å². The highest BCUT2D eigenvalue weighted by Crippen LogP contribution is 2.18. The second-order valence-electron chi connectivity index (χ2n) is 4.42. The van der Waals surface area contributed by atoms with E-state index in [0.29, 0.717) is 5.92 Å². The first kappa shape index (κ1) is 11.8. The number of benzene rings is 1. The number of carbonyl (C=O) groups is 1. The van der Waals surface area contributed by atoms with Gasteiger partial charge < -0.3 is 5.32 Å². The molecule has 0 atom stereocenters. The molecular formula is C13H21NO. The molecule has 0 aliphatic rings. The van der Waals surface area contributed by atoms with Crippen molar-refractivity contribution in [3.05, 3.63) is 29.8 Å². The first-order chi connectivity index (χ1) is 7.00. The zero-order valence-electron chi connectivity index (χ0n) is 9.87. The number of hydrogen-bond donors (Lipinski definition) is 1. The summed E-state index contributed by atoms with van der Waals surface area (Å²) >= 11 is 0. The lowest BCUT2D eigenvalue weighted by atomic mass is 10.0. The fourth-order valence-electron chi connectivity index (χ4n) is 1.26. The summed E-state index contributed by atoms with van der Waals surface area (Å²) in [5, 5.41) is 2.90. The molecule has 0 unspecified atom stereocenters. The van der Waals surface area contributed by atoms with Gasteiger partial charge in [-0.05, 0) is 23.6 Å². The van der Waals surface area contributed by atoms with Crippen LogP contribution in [0.1, 0.15) is 40.6 Å². The molecule has 1 aromatic carbocycles. The van der Waals surface area contributed by atoms with Crippen molar-refractivity contribution in [2.75, 3.05) is 5.32 Å². The molecule has 0 fully saturated rings. The first-order valence-electron chi connectivity index (χ1n) is 5.41. The van der Waals surface area contributed by atoms with Gasteiger partial charge in [0.05, 0.1) is 0 Å². The van der Waals surface area contributed by atoms with E-state index in [-0.39, 0.29) is 13.3 Å². The first-order valence-corrected chi connectivity index (χ1v) is 5.41. The molecule has 0 bridgehead atoms. The van der Waals surface area contributed by atoms with E-state index in [4.69, 9.17) is 0 Å². The maximum atomic E-state index is 11.5. The average molecular weight is 207 g/mol. The number of anilines is 1. The van der Waals surface area contributed by atoms with Crippen LogP contribution in [-0.2, 0) is 4.79 Å². The molecule has 0 aromatic heterocycles. The Morgan fingerprint density at radius 3 is 2.47 bits per heavy atom. The summed E-state index contributed by atoms with van der Waals surface area (Å²) in [4.78, 5) is 11.5. The number of carbonyl (C=O) groups excluding carboxylic acids is 1. The molecule has 0 aliphatic carbocycles. The van der Waals surface area contributed by atoms with Crippen molar-refractivity contribution in [2.24, 2.45) is 5.92 Å². The molecule has 0 saturated carbocycles. The number of amides is 1. The van der Waals surface area contributed by atoms with Gasteiger partial charge in [-0.1, -0.05) is 39.8 Å². The van der Waals surface area contributed by atoms with Gasteiger partial charge in [-0.15, -0.1) is 0 Å². The van der Waals surface area contributed by atoms with Crippen LogP contribution >= 0.6 is 0 Å². The topological polar surface area (TPSA) is 29.1 Å². The minimum Gasteiger partial charge on any atom is -0.326 e. The lowest BCUT2D eigenvalue weighted by Gasteiger charge is -2.10. The zero-order chi connectivity index (χ0) is 11.4. The Balaban J connectivity index is 0.00000225. The lowest BCUT2D eigenvalue weighted by Crippen LogP contribution is -2.17. The highest BCUT2D eigenvalue weighted by atomic mass is 16.1. The van der Waals surface area contributed by atoms with E-state index < -0.39 is 0 Å². The van der Waals surface area contributed by atoms with E-state index in [1.165, 1.54) is 5.56 Å². The van der Waals surface area contributed by atoms with Crippen LogP contribution in [0, 0.1) is 5.92 Å². The smallest absolute Gasteiger partial charge is 0.226 e. The molecule has 0 aliphatic heterocycles. The second-order valence-corrected chi connectivity index (χ2v) is 4.42. The standard InChI is InChI=1S/C13H19NO.H2/c1-9(2)11-6-5-7-12(8-11)14-13(15)10(3)4;/h5-10H,1-4H3,(H,14,15);1H. The van der Waals surface area contributed by atoms with E-state index in [2.05, 4.69) is 25.2 Å². The molecule has 0 spiro atoms. The molecule has 15 heavy (non-hydrogen) atoms. The van der Waals surface area contributed by atoms with Crippen molar-refractivity contribution in [3.8, 4) is 0 Å². The Hall–Kier alpha value is -1.31. The van der Waals surface area contributed by atoms with E-state index >= 15 is 0 Å². The van der Waals surface area contributed by atoms with E-state index in [0.717, 1.165) is 5.69 Å². The molecule has 1 amide bonds. The Morgan fingerprint density at radius 1 is 1.27 bits per heavy atom. The Morgan fingerprint density at radius 2 is 1.93 bits per heavy atom. The summed E-state index contributed by atoms with van der Waals surface area (Å²) in [6, 6.07) is 8.01. The molecule has 2 nitrogen and oxygen atoms in total. The van der Waals surface area contributed by atoms with Crippen LogP contribution in [0.4, 0.5) is 5.69 Å². The predicted octanol–water partition coefficient (Wildman–Crippen LogP) is 3.65. The molecule has 1 N–H and O–H groups in total. The van der Waals surface area contributed by atoms with Crippen molar-refractivity contribution in [1.29, 1.82) is 0 Å². The summed E-state index contributed by atoms with van der Waals surface area (Å²) < 4.78 is 0. The van der Waals surface area contributed by atoms with Gasteiger partial charge >= 0.3 is 0 Å². The van der Waals surface area contributed by atoms with Gasteiger partial charge in [-0.25, -0.2) is 0 Å². The van der Waals surface area contributed by atoms with Crippen LogP contribution in [0.3, 0.4) is 0 Å². The molecule has 1 aromatic rings. The molecular weight excluding hydrogens is 186 g/mol. The highest BCUT2D eigenvalue weighted by Gasteiger charge is 2.07. The SMILES string of the molecule is CC(C)C(=O)Nc1cccc(C(C)C)c1.[HH]. The molecule has 0 radical (unpaired) electrons. The largest absolute Gasteiger partial charge is 0.326 e.